The SMILES string of the molecule is CNC(=O)C1CN(C(=O)COC(=O)c2sc(NC(=O)c3ccco3)cc2C)c2ccccc2O1. The zero-order valence-electron chi connectivity index (χ0n) is 18.3. The number of furan rings is 1. The lowest BCUT2D eigenvalue weighted by Crippen LogP contribution is -2.51. The first-order valence-electron chi connectivity index (χ1n) is 10.3. The molecule has 34 heavy (non-hydrogen) atoms. The zero-order valence-corrected chi connectivity index (χ0v) is 19.1. The molecule has 1 unspecified atom stereocenters. The number of rotatable bonds is 6. The van der Waals surface area contributed by atoms with Crippen LogP contribution in [-0.4, -0.2) is 50.0 Å². The van der Waals surface area contributed by atoms with Crippen molar-refractivity contribution in [1.82, 2.24) is 5.32 Å². The van der Waals surface area contributed by atoms with Crippen LogP contribution in [0.2, 0.25) is 0 Å². The Labute approximate surface area is 198 Å². The van der Waals surface area contributed by atoms with Crippen molar-refractivity contribution in [2.75, 3.05) is 30.4 Å². The van der Waals surface area contributed by atoms with Gasteiger partial charge in [-0.05, 0) is 42.8 Å². The zero-order chi connectivity index (χ0) is 24.2. The number of nitrogens with zero attached hydrogens (tertiary/aromatic N) is 1. The van der Waals surface area contributed by atoms with Crippen molar-refractivity contribution in [2.45, 2.75) is 13.0 Å². The summed E-state index contributed by atoms with van der Waals surface area (Å²) >= 11 is 1.03. The van der Waals surface area contributed by atoms with E-state index in [1.54, 1.807) is 43.3 Å². The van der Waals surface area contributed by atoms with E-state index in [1.807, 2.05) is 0 Å². The standard InChI is InChI=1S/C23H21N3O7S/c1-13-10-18(25-22(29)16-8-5-9-31-16)34-20(13)23(30)32-12-19(27)26-11-17(21(28)24-2)33-15-7-4-3-6-14(15)26/h3-10,17H,11-12H2,1-2H3,(H,24,28)(H,25,29). The Morgan fingerprint density at radius 1 is 1.18 bits per heavy atom. The average molecular weight is 484 g/mol. The number of esters is 1. The fourth-order valence-electron chi connectivity index (χ4n) is 3.37. The molecule has 1 aliphatic rings. The second-order valence-electron chi connectivity index (χ2n) is 7.32. The monoisotopic (exact) mass is 483 g/mol. The quantitative estimate of drug-likeness (QED) is 0.516. The van der Waals surface area contributed by atoms with Crippen LogP contribution in [0.5, 0.6) is 5.75 Å². The highest BCUT2D eigenvalue weighted by Crippen LogP contribution is 2.33. The Morgan fingerprint density at radius 3 is 2.71 bits per heavy atom. The number of aryl methyl sites for hydroxylation is 1. The Balaban J connectivity index is 1.42. The molecule has 1 atom stereocenters. The first-order valence-corrected chi connectivity index (χ1v) is 11.1. The van der Waals surface area contributed by atoms with E-state index >= 15 is 0 Å². The van der Waals surface area contributed by atoms with Crippen LogP contribution in [0.3, 0.4) is 0 Å². The number of ether oxygens (including phenoxy) is 2. The number of para-hydroxylation sites is 2. The molecule has 10 nitrogen and oxygen atoms in total. The Hall–Kier alpha value is -4.12. The Morgan fingerprint density at radius 2 is 1.97 bits per heavy atom. The molecule has 11 heteroatoms. The molecule has 0 saturated carbocycles. The smallest absolute Gasteiger partial charge is 0.349 e. The number of amides is 3. The highest BCUT2D eigenvalue weighted by molar-refractivity contribution is 7.18. The van der Waals surface area contributed by atoms with E-state index in [9.17, 15) is 19.2 Å². The Bertz CT molecular complexity index is 1240. The highest BCUT2D eigenvalue weighted by Gasteiger charge is 2.33. The predicted octanol–water partition coefficient (Wildman–Crippen LogP) is 2.60. The minimum absolute atomic E-state index is 0.0198. The van der Waals surface area contributed by atoms with Gasteiger partial charge in [0.05, 0.1) is 23.5 Å². The van der Waals surface area contributed by atoms with Gasteiger partial charge in [0.25, 0.3) is 17.7 Å². The molecular formula is C23H21N3O7S. The molecule has 1 aliphatic heterocycles. The summed E-state index contributed by atoms with van der Waals surface area (Å²) in [5.41, 5.74) is 1.08. The fourth-order valence-corrected chi connectivity index (χ4v) is 4.33. The number of carbonyl (C=O) groups is 4. The number of anilines is 2. The van der Waals surface area contributed by atoms with Crippen molar-refractivity contribution in [3.63, 3.8) is 0 Å². The molecule has 4 rings (SSSR count). The molecule has 0 aliphatic carbocycles. The number of likely N-dealkylation sites (N-methyl/N-ethyl adjacent to an activating group) is 1. The van der Waals surface area contributed by atoms with Crippen molar-refractivity contribution in [3.05, 3.63) is 64.9 Å². The maximum absolute atomic E-state index is 12.9. The van der Waals surface area contributed by atoms with E-state index in [4.69, 9.17) is 13.9 Å². The normalized spacial score (nSPS) is 14.5. The molecule has 0 saturated heterocycles. The summed E-state index contributed by atoms with van der Waals surface area (Å²) in [4.78, 5) is 51.4. The third-order valence-electron chi connectivity index (χ3n) is 5.03. The number of hydrogen-bond donors (Lipinski definition) is 2. The third kappa shape index (κ3) is 4.79. The molecule has 3 aromatic rings. The van der Waals surface area contributed by atoms with Gasteiger partial charge in [-0.2, -0.15) is 0 Å². The number of carbonyl (C=O) groups excluding carboxylic acids is 4. The first kappa shape index (κ1) is 23.1. The predicted molar refractivity (Wildman–Crippen MR) is 123 cm³/mol. The molecule has 0 spiro atoms. The van der Waals surface area contributed by atoms with E-state index < -0.39 is 30.5 Å². The summed E-state index contributed by atoms with van der Waals surface area (Å²) in [6.45, 7) is 1.15. The molecule has 2 aromatic heterocycles. The van der Waals surface area contributed by atoms with Gasteiger partial charge in [-0.25, -0.2) is 4.79 Å². The number of hydrogen-bond acceptors (Lipinski definition) is 8. The molecule has 176 valence electrons. The lowest BCUT2D eigenvalue weighted by molar-refractivity contribution is -0.128. The lowest BCUT2D eigenvalue weighted by Gasteiger charge is -2.33. The van der Waals surface area contributed by atoms with E-state index in [0.29, 0.717) is 22.0 Å². The van der Waals surface area contributed by atoms with Gasteiger partial charge in [0.2, 0.25) is 0 Å². The van der Waals surface area contributed by atoms with E-state index in [1.165, 1.54) is 24.3 Å². The summed E-state index contributed by atoms with van der Waals surface area (Å²) in [5, 5.41) is 5.60. The highest BCUT2D eigenvalue weighted by atomic mass is 32.1. The molecular weight excluding hydrogens is 462 g/mol. The van der Waals surface area contributed by atoms with Gasteiger partial charge >= 0.3 is 5.97 Å². The summed E-state index contributed by atoms with van der Waals surface area (Å²) in [7, 11) is 1.48. The second kappa shape index (κ2) is 9.79. The molecule has 3 heterocycles. The fraction of sp³-hybridized carbons (Fsp3) is 0.217. The van der Waals surface area contributed by atoms with Crippen LogP contribution in [0.25, 0.3) is 0 Å². The topological polar surface area (TPSA) is 127 Å². The molecule has 0 bridgehead atoms. The number of fused-ring (bicyclic) bond motifs is 1. The minimum atomic E-state index is -0.889. The van der Waals surface area contributed by atoms with Crippen molar-refractivity contribution in [2.24, 2.45) is 0 Å². The maximum atomic E-state index is 12.9. The summed E-state index contributed by atoms with van der Waals surface area (Å²) in [6.07, 6.45) is 0.498. The summed E-state index contributed by atoms with van der Waals surface area (Å²) < 4.78 is 16.0. The number of thiophene rings is 1. The largest absolute Gasteiger partial charge is 0.477 e. The van der Waals surface area contributed by atoms with E-state index in [2.05, 4.69) is 10.6 Å². The number of benzene rings is 1. The van der Waals surface area contributed by atoms with Gasteiger partial charge < -0.3 is 29.4 Å². The van der Waals surface area contributed by atoms with Crippen LogP contribution in [0.4, 0.5) is 10.7 Å². The number of nitrogens with one attached hydrogen (secondary N) is 2. The molecule has 0 fully saturated rings. The van der Waals surface area contributed by atoms with Crippen LogP contribution in [0.15, 0.2) is 53.1 Å². The van der Waals surface area contributed by atoms with Crippen molar-refractivity contribution >= 4 is 45.7 Å². The molecule has 1 aromatic carbocycles. The average Bonchev–Trinajstić information content (AvgIpc) is 3.51. The third-order valence-corrected chi connectivity index (χ3v) is 6.16. The summed E-state index contributed by atoms with van der Waals surface area (Å²) in [6, 6.07) is 11.6. The van der Waals surface area contributed by atoms with Gasteiger partial charge in [0, 0.05) is 7.05 Å². The molecule has 3 amide bonds. The van der Waals surface area contributed by atoms with Gasteiger partial charge in [-0.15, -0.1) is 11.3 Å². The second-order valence-corrected chi connectivity index (χ2v) is 8.38. The minimum Gasteiger partial charge on any atom is -0.477 e. The van der Waals surface area contributed by atoms with E-state index in [-0.39, 0.29) is 23.1 Å². The van der Waals surface area contributed by atoms with Crippen molar-refractivity contribution < 1.29 is 33.1 Å². The molecule has 0 radical (unpaired) electrons. The van der Waals surface area contributed by atoms with Crippen LogP contribution >= 0.6 is 11.3 Å². The maximum Gasteiger partial charge on any atom is 0.349 e. The lowest BCUT2D eigenvalue weighted by atomic mass is 10.1. The van der Waals surface area contributed by atoms with Crippen molar-refractivity contribution in [1.29, 1.82) is 0 Å². The van der Waals surface area contributed by atoms with Crippen LogP contribution < -0.4 is 20.3 Å². The van der Waals surface area contributed by atoms with Crippen LogP contribution in [0, 0.1) is 6.92 Å². The van der Waals surface area contributed by atoms with E-state index in [0.717, 1.165) is 11.3 Å². The van der Waals surface area contributed by atoms with Gasteiger partial charge in [0.1, 0.15) is 10.6 Å². The summed E-state index contributed by atoms with van der Waals surface area (Å²) in [5.74, 6) is -1.49. The van der Waals surface area contributed by atoms with Crippen LogP contribution in [-0.2, 0) is 14.3 Å². The van der Waals surface area contributed by atoms with Crippen LogP contribution in [0.1, 0.15) is 25.8 Å². The molecule has 2 N–H and O–H groups in total. The van der Waals surface area contributed by atoms with Gasteiger partial charge in [-0.1, -0.05) is 12.1 Å². The Kier molecular flexibility index (Phi) is 6.64. The van der Waals surface area contributed by atoms with Gasteiger partial charge in [0.15, 0.2) is 18.5 Å². The first-order chi connectivity index (χ1) is 16.4. The van der Waals surface area contributed by atoms with Gasteiger partial charge in [-0.3, -0.25) is 14.4 Å². The van der Waals surface area contributed by atoms with Crippen molar-refractivity contribution in [3.8, 4) is 5.75 Å².